The van der Waals surface area contributed by atoms with Crippen LogP contribution in [0, 0.1) is 0 Å². The van der Waals surface area contributed by atoms with E-state index in [1.54, 1.807) is 20.1 Å². The summed E-state index contributed by atoms with van der Waals surface area (Å²) in [6.45, 7) is 3.57. The van der Waals surface area contributed by atoms with Gasteiger partial charge in [0.15, 0.2) is 4.99 Å². The minimum Gasteiger partial charge on any atom is -0.302 e. The summed E-state index contributed by atoms with van der Waals surface area (Å²) >= 11 is 1.19. The maximum atomic E-state index is 11.9. The Kier molecular flexibility index (Phi) is 3.57. The van der Waals surface area contributed by atoms with Crippen LogP contribution in [0.3, 0.4) is 0 Å². The topological polar surface area (TPSA) is 52.6 Å². The van der Waals surface area contributed by atoms with Gasteiger partial charge < -0.3 is 13.8 Å². The second kappa shape index (κ2) is 4.13. The van der Waals surface area contributed by atoms with E-state index in [9.17, 15) is 9.36 Å². The summed E-state index contributed by atoms with van der Waals surface area (Å²) in [5, 5.41) is 0. The SMILES string of the molecule is CSC(C=O)P1(=O)OC(C)C(C)O1. The molecule has 0 bridgehead atoms. The van der Waals surface area contributed by atoms with Crippen molar-refractivity contribution in [3.63, 3.8) is 0 Å². The fourth-order valence-electron chi connectivity index (χ4n) is 1.04. The van der Waals surface area contributed by atoms with Gasteiger partial charge in [-0.3, -0.25) is 4.57 Å². The van der Waals surface area contributed by atoms with Crippen LogP contribution in [-0.2, 0) is 18.4 Å². The van der Waals surface area contributed by atoms with Gasteiger partial charge in [-0.15, -0.1) is 11.8 Å². The number of carbonyl (C=O) groups excluding carboxylic acids is 1. The molecule has 0 saturated carbocycles. The van der Waals surface area contributed by atoms with Crippen molar-refractivity contribution in [3.8, 4) is 0 Å². The summed E-state index contributed by atoms with van der Waals surface area (Å²) in [6, 6.07) is 0. The third kappa shape index (κ3) is 2.15. The average molecular weight is 224 g/mol. The molecule has 0 radical (unpaired) electrons. The molecule has 1 saturated heterocycles. The van der Waals surface area contributed by atoms with Crippen molar-refractivity contribution in [1.82, 2.24) is 0 Å². The van der Waals surface area contributed by atoms with E-state index in [-0.39, 0.29) is 12.2 Å². The molecule has 0 aromatic heterocycles. The molecule has 1 rings (SSSR count). The molecular weight excluding hydrogens is 211 g/mol. The van der Waals surface area contributed by atoms with Crippen LogP contribution in [0.1, 0.15) is 13.8 Å². The molecule has 1 fully saturated rings. The van der Waals surface area contributed by atoms with E-state index >= 15 is 0 Å². The molecule has 3 atom stereocenters. The molecule has 0 amide bonds. The molecule has 6 heteroatoms. The maximum Gasteiger partial charge on any atom is 0.351 e. The predicted octanol–water partition coefficient (Wildman–Crippen LogP) is 1.89. The minimum atomic E-state index is -3.20. The Morgan fingerprint density at radius 1 is 1.38 bits per heavy atom. The Hall–Kier alpha value is 0.170. The van der Waals surface area contributed by atoms with Crippen molar-refractivity contribution in [2.75, 3.05) is 6.26 Å². The van der Waals surface area contributed by atoms with Crippen LogP contribution in [0.5, 0.6) is 0 Å². The fourth-order valence-corrected chi connectivity index (χ4v) is 4.19. The first kappa shape index (κ1) is 11.2. The third-order valence-electron chi connectivity index (χ3n) is 1.96. The summed E-state index contributed by atoms with van der Waals surface area (Å²) in [6.07, 6.45) is 1.91. The molecule has 1 heterocycles. The minimum absolute atomic E-state index is 0.208. The highest BCUT2D eigenvalue weighted by atomic mass is 32.2. The van der Waals surface area contributed by atoms with Gasteiger partial charge in [-0.25, -0.2) is 0 Å². The first-order valence-electron chi connectivity index (χ1n) is 3.98. The predicted molar refractivity (Wildman–Crippen MR) is 52.1 cm³/mol. The van der Waals surface area contributed by atoms with E-state index in [4.69, 9.17) is 9.05 Å². The van der Waals surface area contributed by atoms with Gasteiger partial charge in [0, 0.05) is 0 Å². The van der Waals surface area contributed by atoms with Crippen LogP contribution in [0.25, 0.3) is 0 Å². The molecule has 0 aromatic carbocycles. The highest BCUT2D eigenvalue weighted by Gasteiger charge is 2.45. The van der Waals surface area contributed by atoms with E-state index in [1.165, 1.54) is 11.8 Å². The second-order valence-electron chi connectivity index (χ2n) is 2.92. The summed E-state index contributed by atoms with van der Waals surface area (Å²) in [7, 11) is -3.20. The van der Waals surface area contributed by atoms with Crippen molar-refractivity contribution >= 4 is 25.6 Å². The zero-order valence-electron chi connectivity index (χ0n) is 7.80. The van der Waals surface area contributed by atoms with Crippen molar-refractivity contribution in [1.29, 1.82) is 0 Å². The van der Waals surface area contributed by atoms with Gasteiger partial charge in [-0.05, 0) is 20.1 Å². The summed E-state index contributed by atoms with van der Waals surface area (Å²) < 4.78 is 22.3. The number of rotatable bonds is 3. The zero-order chi connectivity index (χ0) is 10.1. The Balaban J connectivity index is 2.79. The molecule has 1 aliphatic heterocycles. The molecule has 0 aromatic rings. The normalized spacial score (nSPS) is 41.8. The van der Waals surface area contributed by atoms with Gasteiger partial charge in [-0.2, -0.15) is 0 Å². The summed E-state index contributed by atoms with van der Waals surface area (Å²) in [4.78, 5) is 9.89. The van der Waals surface area contributed by atoms with E-state index in [2.05, 4.69) is 0 Å². The van der Waals surface area contributed by atoms with Crippen molar-refractivity contribution in [2.45, 2.75) is 31.0 Å². The van der Waals surface area contributed by atoms with Crippen LogP contribution in [-0.4, -0.2) is 29.7 Å². The second-order valence-corrected chi connectivity index (χ2v) is 6.31. The standard InChI is InChI=1S/C7H13O4PS/c1-5-6(2)11-12(9,10-5)7(4-8)13-3/h4-7H,1-3H3. The molecule has 0 N–H and O–H groups in total. The highest BCUT2D eigenvalue weighted by molar-refractivity contribution is 8.05. The lowest BCUT2D eigenvalue weighted by molar-refractivity contribution is -0.106. The first-order chi connectivity index (χ1) is 6.03. The lowest BCUT2D eigenvalue weighted by atomic mass is 10.3. The average Bonchev–Trinajstić information content (AvgIpc) is 2.29. The van der Waals surface area contributed by atoms with E-state index in [1.807, 2.05) is 0 Å². The van der Waals surface area contributed by atoms with Gasteiger partial charge in [0.25, 0.3) is 0 Å². The maximum absolute atomic E-state index is 11.9. The van der Waals surface area contributed by atoms with Crippen molar-refractivity contribution in [3.05, 3.63) is 0 Å². The Bertz CT molecular complexity index is 231. The van der Waals surface area contributed by atoms with E-state index < -0.39 is 12.6 Å². The lowest BCUT2D eigenvalue weighted by Crippen LogP contribution is -2.13. The first-order valence-corrected chi connectivity index (χ1v) is 6.88. The molecule has 13 heavy (non-hydrogen) atoms. The molecular formula is C7H13O4PS. The van der Waals surface area contributed by atoms with Crippen LogP contribution in [0.2, 0.25) is 0 Å². The fraction of sp³-hybridized carbons (Fsp3) is 0.857. The lowest BCUT2D eigenvalue weighted by Gasteiger charge is -2.14. The molecule has 3 unspecified atom stereocenters. The molecule has 76 valence electrons. The van der Waals surface area contributed by atoms with Gasteiger partial charge >= 0.3 is 7.60 Å². The number of hydrogen-bond acceptors (Lipinski definition) is 5. The Morgan fingerprint density at radius 2 is 1.85 bits per heavy atom. The van der Waals surface area contributed by atoms with Crippen LogP contribution < -0.4 is 0 Å². The number of aldehydes is 1. The number of hydrogen-bond donors (Lipinski definition) is 0. The Labute approximate surface area is 81.9 Å². The van der Waals surface area contributed by atoms with Crippen molar-refractivity contribution in [2.24, 2.45) is 0 Å². The summed E-state index contributed by atoms with van der Waals surface area (Å²) in [5.41, 5.74) is 0. The van der Waals surface area contributed by atoms with Crippen LogP contribution >= 0.6 is 19.4 Å². The van der Waals surface area contributed by atoms with Crippen molar-refractivity contribution < 1.29 is 18.4 Å². The molecule has 0 aliphatic carbocycles. The summed E-state index contributed by atoms with van der Waals surface area (Å²) in [5.74, 6) is 0. The van der Waals surface area contributed by atoms with E-state index in [0.717, 1.165) is 0 Å². The highest BCUT2D eigenvalue weighted by Crippen LogP contribution is 2.61. The number of carbonyl (C=O) groups is 1. The van der Waals surface area contributed by atoms with Gasteiger partial charge in [0.05, 0.1) is 12.2 Å². The van der Waals surface area contributed by atoms with Gasteiger partial charge in [0.2, 0.25) is 0 Å². The smallest absolute Gasteiger partial charge is 0.302 e. The molecule has 0 spiro atoms. The Morgan fingerprint density at radius 3 is 2.15 bits per heavy atom. The van der Waals surface area contributed by atoms with Gasteiger partial charge in [0.1, 0.15) is 6.29 Å². The largest absolute Gasteiger partial charge is 0.351 e. The van der Waals surface area contributed by atoms with Crippen LogP contribution in [0.4, 0.5) is 0 Å². The monoisotopic (exact) mass is 224 g/mol. The van der Waals surface area contributed by atoms with Gasteiger partial charge in [-0.1, -0.05) is 0 Å². The van der Waals surface area contributed by atoms with Crippen LogP contribution in [0.15, 0.2) is 0 Å². The third-order valence-corrected chi connectivity index (χ3v) is 5.96. The quantitative estimate of drug-likeness (QED) is 0.541. The molecule has 1 aliphatic rings. The van der Waals surface area contributed by atoms with E-state index in [0.29, 0.717) is 6.29 Å². The zero-order valence-corrected chi connectivity index (χ0v) is 9.51. The number of thioether (sulfide) groups is 1. The molecule has 4 nitrogen and oxygen atoms in total.